The van der Waals surface area contributed by atoms with Crippen molar-refractivity contribution in [2.24, 2.45) is 5.10 Å². The van der Waals surface area contributed by atoms with Crippen molar-refractivity contribution < 1.29 is 0 Å². The molecule has 2 aromatic carbocycles. The van der Waals surface area contributed by atoms with Crippen molar-refractivity contribution >= 4 is 17.8 Å². The quantitative estimate of drug-likeness (QED) is 0.647. The lowest BCUT2D eigenvalue weighted by molar-refractivity contribution is 0.748. The number of nitrogens with zero attached hydrogens (tertiary/aromatic N) is 1. The minimum Gasteiger partial charge on any atom is -0.306 e. The van der Waals surface area contributed by atoms with Gasteiger partial charge in [-0.15, -0.1) is 0 Å². The fourth-order valence-electron chi connectivity index (χ4n) is 1.43. The van der Waals surface area contributed by atoms with Crippen LogP contribution in [0.4, 0.5) is 0 Å². The second kappa shape index (κ2) is 6.06. The highest BCUT2D eigenvalue weighted by Gasteiger charge is 1.93. The molecule has 0 aliphatic heterocycles. The van der Waals surface area contributed by atoms with Crippen LogP contribution in [0.1, 0.15) is 11.1 Å². The van der Waals surface area contributed by atoms with Gasteiger partial charge >= 0.3 is 0 Å². The second-order valence-electron chi connectivity index (χ2n) is 3.60. The molecule has 2 nitrogen and oxygen atoms in total. The van der Waals surface area contributed by atoms with Gasteiger partial charge in [0.15, 0.2) is 0 Å². The first-order valence-electron chi connectivity index (χ1n) is 5.40. The molecule has 0 saturated heterocycles. The van der Waals surface area contributed by atoms with Gasteiger partial charge in [0, 0.05) is 10.6 Å². The highest BCUT2D eigenvalue weighted by atomic mass is 35.5. The van der Waals surface area contributed by atoms with Crippen molar-refractivity contribution in [3.8, 4) is 0 Å². The lowest BCUT2D eigenvalue weighted by Crippen LogP contribution is -2.05. The minimum atomic E-state index is 0.706. The molecule has 0 aliphatic rings. The fraction of sp³-hybridized carbons (Fsp3) is 0.0714. The van der Waals surface area contributed by atoms with Gasteiger partial charge in [-0.2, -0.15) is 5.10 Å². The molecule has 0 aliphatic carbocycles. The van der Waals surface area contributed by atoms with Crippen molar-refractivity contribution in [2.75, 3.05) is 0 Å². The first-order chi connectivity index (χ1) is 8.36. The van der Waals surface area contributed by atoms with E-state index in [0.29, 0.717) is 11.6 Å². The molecule has 0 aromatic heterocycles. The molecular formula is C14H13ClN2. The number of hydrogen-bond acceptors (Lipinski definition) is 2. The van der Waals surface area contributed by atoms with E-state index >= 15 is 0 Å². The Labute approximate surface area is 106 Å². The smallest absolute Gasteiger partial charge is 0.0580 e. The highest BCUT2D eigenvalue weighted by molar-refractivity contribution is 6.33. The van der Waals surface area contributed by atoms with Crippen molar-refractivity contribution in [1.29, 1.82) is 0 Å². The van der Waals surface area contributed by atoms with Gasteiger partial charge in [-0.05, 0) is 11.6 Å². The molecule has 2 aromatic rings. The summed E-state index contributed by atoms with van der Waals surface area (Å²) in [7, 11) is 0. The van der Waals surface area contributed by atoms with Gasteiger partial charge in [-0.1, -0.05) is 60.1 Å². The van der Waals surface area contributed by atoms with E-state index in [1.807, 2.05) is 42.5 Å². The molecule has 0 radical (unpaired) electrons. The molecule has 0 saturated carbocycles. The van der Waals surface area contributed by atoms with E-state index in [1.165, 1.54) is 5.56 Å². The fourth-order valence-corrected chi connectivity index (χ4v) is 1.61. The molecule has 2 rings (SSSR count). The molecule has 3 heteroatoms. The molecule has 86 valence electrons. The molecule has 0 bridgehead atoms. The molecule has 0 heterocycles. The predicted molar refractivity (Wildman–Crippen MR) is 72.3 cm³/mol. The summed E-state index contributed by atoms with van der Waals surface area (Å²) >= 11 is 6.00. The number of rotatable bonds is 4. The summed E-state index contributed by atoms with van der Waals surface area (Å²) in [5.41, 5.74) is 5.10. The van der Waals surface area contributed by atoms with Crippen LogP contribution in [0.25, 0.3) is 0 Å². The van der Waals surface area contributed by atoms with E-state index in [4.69, 9.17) is 11.6 Å². The van der Waals surface area contributed by atoms with Gasteiger partial charge in [-0.3, -0.25) is 0 Å². The Kier molecular flexibility index (Phi) is 4.17. The number of benzene rings is 2. The number of nitrogens with one attached hydrogen (secondary N) is 1. The third kappa shape index (κ3) is 3.61. The van der Waals surface area contributed by atoms with Crippen molar-refractivity contribution in [2.45, 2.75) is 6.54 Å². The van der Waals surface area contributed by atoms with Gasteiger partial charge in [0.1, 0.15) is 0 Å². The lowest BCUT2D eigenvalue weighted by atomic mass is 10.2. The average molecular weight is 245 g/mol. The SMILES string of the molecule is Clc1ccccc1C=NNCc1ccccc1. The van der Waals surface area contributed by atoms with Crippen LogP contribution in [-0.2, 0) is 6.54 Å². The maximum atomic E-state index is 6.00. The first-order valence-corrected chi connectivity index (χ1v) is 5.78. The summed E-state index contributed by atoms with van der Waals surface area (Å²) in [5.74, 6) is 0. The molecule has 0 spiro atoms. The summed E-state index contributed by atoms with van der Waals surface area (Å²) in [6, 6.07) is 17.7. The lowest BCUT2D eigenvalue weighted by Gasteiger charge is -2.00. The van der Waals surface area contributed by atoms with E-state index in [9.17, 15) is 0 Å². The largest absolute Gasteiger partial charge is 0.306 e. The molecule has 0 unspecified atom stereocenters. The van der Waals surface area contributed by atoms with Crippen LogP contribution >= 0.6 is 11.6 Å². The van der Waals surface area contributed by atoms with E-state index in [-0.39, 0.29) is 0 Å². The Morgan fingerprint density at radius 3 is 2.47 bits per heavy atom. The van der Waals surface area contributed by atoms with Crippen LogP contribution in [-0.4, -0.2) is 6.21 Å². The van der Waals surface area contributed by atoms with Gasteiger partial charge in [0.25, 0.3) is 0 Å². The summed E-state index contributed by atoms with van der Waals surface area (Å²) in [6.45, 7) is 0.710. The monoisotopic (exact) mass is 244 g/mol. The van der Waals surface area contributed by atoms with Gasteiger partial charge < -0.3 is 5.43 Å². The third-order valence-corrected chi connectivity index (χ3v) is 2.67. The maximum absolute atomic E-state index is 6.00. The van der Waals surface area contributed by atoms with Crippen molar-refractivity contribution in [1.82, 2.24) is 5.43 Å². The van der Waals surface area contributed by atoms with Gasteiger partial charge in [0.2, 0.25) is 0 Å². The summed E-state index contributed by atoms with van der Waals surface area (Å²) in [6.07, 6.45) is 1.73. The zero-order valence-corrected chi connectivity index (χ0v) is 10.1. The normalized spacial score (nSPS) is 10.6. The Hall–Kier alpha value is -1.80. The van der Waals surface area contributed by atoms with E-state index in [1.54, 1.807) is 6.21 Å². The number of halogens is 1. The zero-order chi connectivity index (χ0) is 11.9. The van der Waals surface area contributed by atoms with Gasteiger partial charge in [0.05, 0.1) is 12.8 Å². The summed E-state index contributed by atoms with van der Waals surface area (Å²) < 4.78 is 0. The second-order valence-corrected chi connectivity index (χ2v) is 4.01. The summed E-state index contributed by atoms with van der Waals surface area (Å²) in [4.78, 5) is 0. The number of hydrazone groups is 1. The molecule has 0 amide bonds. The predicted octanol–water partition coefficient (Wildman–Crippen LogP) is 3.46. The summed E-state index contributed by atoms with van der Waals surface area (Å²) in [5, 5.41) is 4.84. The number of hydrogen-bond donors (Lipinski definition) is 1. The van der Waals surface area contributed by atoms with Crippen LogP contribution in [0.15, 0.2) is 59.7 Å². The van der Waals surface area contributed by atoms with Crippen molar-refractivity contribution in [3.05, 3.63) is 70.7 Å². The Bertz CT molecular complexity index is 495. The standard InChI is InChI=1S/C14H13ClN2/c15-14-9-5-4-8-13(14)11-17-16-10-12-6-2-1-3-7-12/h1-9,11,16H,10H2. The van der Waals surface area contributed by atoms with Crippen LogP contribution in [0.2, 0.25) is 5.02 Å². The van der Waals surface area contributed by atoms with Crippen LogP contribution in [0, 0.1) is 0 Å². The van der Waals surface area contributed by atoms with E-state index < -0.39 is 0 Å². The Morgan fingerprint density at radius 2 is 1.71 bits per heavy atom. The average Bonchev–Trinajstić information content (AvgIpc) is 2.38. The third-order valence-electron chi connectivity index (χ3n) is 2.33. The molecule has 17 heavy (non-hydrogen) atoms. The molecular weight excluding hydrogens is 232 g/mol. The van der Waals surface area contributed by atoms with Gasteiger partial charge in [-0.25, -0.2) is 0 Å². The Balaban J connectivity index is 1.89. The molecule has 1 N–H and O–H groups in total. The van der Waals surface area contributed by atoms with E-state index in [2.05, 4.69) is 22.7 Å². The van der Waals surface area contributed by atoms with Crippen LogP contribution < -0.4 is 5.43 Å². The zero-order valence-electron chi connectivity index (χ0n) is 9.31. The topological polar surface area (TPSA) is 24.4 Å². The maximum Gasteiger partial charge on any atom is 0.0580 e. The molecule has 0 fully saturated rings. The van der Waals surface area contributed by atoms with E-state index in [0.717, 1.165) is 5.56 Å². The van der Waals surface area contributed by atoms with Crippen LogP contribution in [0.3, 0.4) is 0 Å². The molecule has 0 atom stereocenters. The highest BCUT2D eigenvalue weighted by Crippen LogP contribution is 2.12. The minimum absolute atomic E-state index is 0.706. The Morgan fingerprint density at radius 1 is 1.00 bits per heavy atom. The van der Waals surface area contributed by atoms with Crippen LogP contribution in [0.5, 0.6) is 0 Å². The first kappa shape index (κ1) is 11.7. The van der Waals surface area contributed by atoms with Crippen molar-refractivity contribution in [3.63, 3.8) is 0 Å².